The van der Waals surface area contributed by atoms with Crippen LogP contribution in [0.1, 0.15) is 12.8 Å². The van der Waals surface area contributed by atoms with E-state index in [1.54, 1.807) is 0 Å². The molecule has 10 heteroatoms. The summed E-state index contributed by atoms with van der Waals surface area (Å²) in [6.45, 7) is -0.792. The van der Waals surface area contributed by atoms with Crippen LogP contribution in [-0.4, -0.2) is 61.4 Å². The zero-order chi connectivity index (χ0) is 18.4. The molecule has 1 aromatic rings. The number of hydrogen-bond donors (Lipinski definition) is 1. The lowest BCUT2D eigenvalue weighted by atomic mass is 9.98. The van der Waals surface area contributed by atoms with Crippen molar-refractivity contribution >= 4 is 33.5 Å². The fourth-order valence-corrected chi connectivity index (χ4v) is 4.35. The van der Waals surface area contributed by atoms with Crippen LogP contribution >= 0.6 is 0 Å². The Morgan fingerprint density at radius 3 is 2.12 bits per heavy atom. The molecule has 0 aromatic heterocycles. The molecule has 0 aliphatic carbocycles. The van der Waals surface area contributed by atoms with E-state index >= 15 is 0 Å². The molecular formula is C15H16N2O7S. The predicted molar refractivity (Wildman–Crippen MR) is 83.9 cm³/mol. The van der Waals surface area contributed by atoms with Crippen LogP contribution in [0.2, 0.25) is 0 Å². The highest BCUT2D eigenvalue weighted by molar-refractivity contribution is 7.89. The number of nitrogens with zero attached hydrogens (tertiary/aromatic N) is 2. The van der Waals surface area contributed by atoms with E-state index in [9.17, 15) is 27.9 Å². The monoisotopic (exact) mass is 368 g/mol. The first-order chi connectivity index (χ1) is 11.7. The molecule has 3 rings (SSSR count). The molecule has 1 N–H and O–H groups in total. The summed E-state index contributed by atoms with van der Waals surface area (Å²) in [4.78, 5) is 35.8. The van der Waals surface area contributed by atoms with E-state index < -0.39 is 34.7 Å². The Labute approximate surface area is 143 Å². The summed E-state index contributed by atoms with van der Waals surface area (Å²) in [7, 11) is -2.80. The van der Waals surface area contributed by atoms with Crippen LogP contribution in [0.25, 0.3) is 0 Å². The van der Waals surface area contributed by atoms with E-state index in [1.807, 2.05) is 0 Å². The number of aliphatic hydroxyl groups is 1. The number of amides is 2. The number of carbonyl (C=O) groups is 3. The van der Waals surface area contributed by atoms with Crippen molar-refractivity contribution in [1.82, 2.24) is 4.31 Å². The zero-order valence-electron chi connectivity index (χ0n) is 13.3. The minimum absolute atomic E-state index is 0.0674. The van der Waals surface area contributed by atoms with Gasteiger partial charge in [-0.05, 0) is 24.3 Å². The predicted octanol–water partition coefficient (Wildman–Crippen LogP) is -0.752. The first-order valence-corrected chi connectivity index (χ1v) is 8.90. The fourth-order valence-electron chi connectivity index (χ4n) is 2.81. The van der Waals surface area contributed by atoms with Gasteiger partial charge in [-0.3, -0.25) is 14.5 Å². The highest BCUT2D eigenvalue weighted by Crippen LogP contribution is 2.30. The Hall–Kier alpha value is -2.30. The molecule has 2 aliphatic rings. The van der Waals surface area contributed by atoms with Crippen LogP contribution in [0.3, 0.4) is 0 Å². The molecule has 2 fully saturated rings. The minimum atomic E-state index is -3.91. The highest BCUT2D eigenvalue weighted by atomic mass is 32.2. The van der Waals surface area contributed by atoms with E-state index in [-0.39, 0.29) is 29.6 Å². The molecule has 2 saturated heterocycles. The quantitative estimate of drug-likeness (QED) is 0.548. The molecule has 9 nitrogen and oxygen atoms in total. The third-order valence-corrected chi connectivity index (χ3v) is 6.03. The number of carbonyl (C=O) groups excluding carboxylic acids is 3. The topological polar surface area (TPSA) is 121 Å². The van der Waals surface area contributed by atoms with Gasteiger partial charge in [0.2, 0.25) is 21.8 Å². The standard InChI is InChI=1S/C15H16N2O7S/c1-24-14(20)15(21)8-16(9-15)25(22,23)11-4-2-10(3-5-11)17-12(18)6-7-13(17)19/h2-5,21H,6-9H2,1H3. The number of esters is 1. The van der Waals surface area contributed by atoms with Gasteiger partial charge in [0.15, 0.2) is 5.60 Å². The number of β-amino-alcohol motifs (C(OH)–C–C–N with tert-alkyl or cyclic N) is 1. The number of benzene rings is 1. The average Bonchev–Trinajstić information content (AvgIpc) is 2.89. The molecule has 0 radical (unpaired) electrons. The fraction of sp³-hybridized carbons (Fsp3) is 0.400. The Kier molecular flexibility index (Phi) is 4.13. The molecule has 1 aromatic carbocycles. The molecule has 0 unspecified atom stereocenters. The lowest BCUT2D eigenvalue weighted by molar-refractivity contribution is -0.174. The van der Waals surface area contributed by atoms with Gasteiger partial charge in [-0.25, -0.2) is 13.2 Å². The van der Waals surface area contributed by atoms with Crippen molar-refractivity contribution in [2.24, 2.45) is 0 Å². The molecule has 0 atom stereocenters. The second-order valence-electron chi connectivity index (χ2n) is 5.91. The second-order valence-corrected chi connectivity index (χ2v) is 7.85. The third-order valence-electron chi connectivity index (χ3n) is 4.23. The lowest BCUT2D eigenvalue weighted by Gasteiger charge is -2.42. The van der Waals surface area contributed by atoms with Gasteiger partial charge in [-0.15, -0.1) is 0 Å². The van der Waals surface area contributed by atoms with Crippen molar-refractivity contribution in [3.8, 4) is 0 Å². The number of ether oxygens (including phenoxy) is 1. The molecule has 25 heavy (non-hydrogen) atoms. The Bertz CT molecular complexity index is 825. The smallest absolute Gasteiger partial charge is 0.340 e. The summed E-state index contributed by atoms with van der Waals surface area (Å²) < 4.78 is 30.4. The number of imide groups is 1. The van der Waals surface area contributed by atoms with E-state index in [2.05, 4.69) is 4.74 Å². The number of hydrogen-bond acceptors (Lipinski definition) is 7. The number of sulfonamides is 1. The van der Waals surface area contributed by atoms with Crippen LogP contribution in [0, 0.1) is 0 Å². The summed E-state index contributed by atoms with van der Waals surface area (Å²) in [5.74, 6) is -1.54. The molecule has 2 amide bonds. The molecule has 0 saturated carbocycles. The van der Waals surface area contributed by atoms with Crippen molar-refractivity contribution in [1.29, 1.82) is 0 Å². The van der Waals surface area contributed by atoms with E-state index in [4.69, 9.17) is 0 Å². The van der Waals surface area contributed by atoms with Crippen molar-refractivity contribution < 1.29 is 32.6 Å². The van der Waals surface area contributed by atoms with Gasteiger partial charge in [0.25, 0.3) is 0 Å². The summed E-state index contributed by atoms with van der Waals surface area (Å²) in [6.07, 6.45) is 0.275. The number of rotatable bonds is 4. The van der Waals surface area contributed by atoms with Crippen LogP contribution in [0.5, 0.6) is 0 Å². The van der Waals surface area contributed by atoms with Gasteiger partial charge in [0.05, 0.1) is 30.8 Å². The van der Waals surface area contributed by atoms with Crippen molar-refractivity contribution in [2.45, 2.75) is 23.3 Å². The van der Waals surface area contributed by atoms with E-state index in [0.717, 1.165) is 16.3 Å². The minimum Gasteiger partial charge on any atom is -0.467 e. The SMILES string of the molecule is COC(=O)C1(O)CN(S(=O)(=O)c2ccc(N3C(=O)CCC3=O)cc2)C1. The first kappa shape index (κ1) is 17.5. The third kappa shape index (κ3) is 2.81. The van der Waals surface area contributed by atoms with Crippen molar-refractivity contribution in [3.63, 3.8) is 0 Å². The molecule has 0 spiro atoms. The summed E-state index contributed by atoms with van der Waals surface area (Å²) in [5.41, 5.74) is -1.53. The number of anilines is 1. The van der Waals surface area contributed by atoms with Crippen LogP contribution < -0.4 is 4.90 Å². The lowest BCUT2D eigenvalue weighted by Crippen LogP contribution is -2.67. The average molecular weight is 368 g/mol. The first-order valence-electron chi connectivity index (χ1n) is 7.46. The Morgan fingerprint density at radius 2 is 1.64 bits per heavy atom. The Balaban J connectivity index is 1.77. The van der Waals surface area contributed by atoms with E-state index in [0.29, 0.717) is 5.69 Å². The van der Waals surface area contributed by atoms with Gasteiger partial charge < -0.3 is 9.84 Å². The zero-order valence-corrected chi connectivity index (χ0v) is 14.2. The normalized spacial score (nSPS) is 20.5. The summed E-state index contributed by atoms with van der Waals surface area (Å²) >= 11 is 0. The van der Waals surface area contributed by atoms with Gasteiger partial charge in [-0.2, -0.15) is 4.31 Å². The molecule has 2 heterocycles. The maximum atomic E-state index is 12.5. The van der Waals surface area contributed by atoms with E-state index in [1.165, 1.54) is 24.3 Å². The maximum Gasteiger partial charge on any atom is 0.340 e. The molecule has 0 bridgehead atoms. The Morgan fingerprint density at radius 1 is 1.12 bits per heavy atom. The van der Waals surface area contributed by atoms with Crippen LogP contribution in [0.15, 0.2) is 29.2 Å². The largest absolute Gasteiger partial charge is 0.467 e. The van der Waals surface area contributed by atoms with Crippen LogP contribution in [-0.2, 0) is 29.1 Å². The molecule has 2 aliphatic heterocycles. The second kappa shape index (κ2) is 5.90. The summed E-state index contributed by atoms with van der Waals surface area (Å²) in [5, 5.41) is 9.94. The molecular weight excluding hydrogens is 352 g/mol. The highest BCUT2D eigenvalue weighted by Gasteiger charge is 2.53. The summed E-state index contributed by atoms with van der Waals surface area (Å²) in [6, 6.07) is 5.30. The maximum absolute atomic E-state index is 12.5. The molecule has 134 valence electrons. The van der Waals surface area contributed by atoms with Gasteiger partial charge >= 0.3 is 5.97 Å². The van der Waals surface area contributed by atoms with Gasteiger partial charge in [-0.1, -0.05) is 0 Å². The van der Waals surface area contributed by atoms with Gasteiger partial charge in [0, 0.05) is 12.8 Å². The van der Waals surface area contributed by atoms with Crippen LogP contribution in [0.4, 0.5) is 5.69 Å². The van der Waals surface area contributed by atoms with Gasteiger partial charge in [0.1, 0.15) is 0 Å². The van der Waals surface area contributed by atoms with Crippen molar-refractivity contribution in [3.05, 3.63) is 24.3 Å². The van der Waals surface area contributed by atoms with Crippen molar-refractivity contribution in [2.75, 3.05) is 25.1 Å². The number of methoxy groups -OCH3 is 1.